The van der Waals surface area contributed by atoms with Gasteiger partial charge in [0.2, 0.25) is 10.0 Å². The second kappa shape index (κ2) is 3.49. The van der Waals surface area contributed by atoms with E-state index in [0.717, 1.165) is 6.26 Å². The molecule has 0 saturated carbocycles. The largest absolute Gasteiger partial charge is 0.505 e. The predicted molar refractivity (Wildman–Crippen MR) is 60.8 cm³/mol. The molecule has 0 saturated heterocycles. The highest BCUT2D eigenvalue weighted by Gasteiger charge is 2.26. The van der Waals surface area contributed by atoms with E-state index in [1.807, 2.05) is 0 Å². The summed E-state index contributed by atoms with van der Waals surface area (Å²) in [6.07, 6.45) is 0.880. The van der Waals surface area contributed by atoms with E-state index in [1.54, 1.807) is 12.1 Å². The topological polar surface area (TPSA) is 96.6 Å². The summed E-state index contributed by atoms with van der Waals surface area (Å²) in [6.45, 7) is 0. The minimum atomic E-state index is -3.81. The smallest absolute Gasteiger partial charge is 0.357 e. The van der Waals surface area contributed by atoms with Crippen LogP contribution in [-0.4, -0.2) is 34.8 Å². The lowest BCUT2D eigenvalue weighted by Gasteiger charge is -2.04. The molecule has 7 heteroatoms. The second-order valence-corrected chi connectivity index (χ2v) is 5.38. The zero-order chi connectivity index (χ0) is 12.8. The molecule has 0 aliphatic carbocycles. The fourth-order valence-corrected chi connectivity index (χ4v) is 2.74. The SMILES string of the molecule is CS(=O)(=O)n1c(C(=O)O)c(O)c2ccccc21. The van der Waals surface area contributed by atoms with Gasteiger partial charge in [0.1, 0.15) is 0 Å². The Morgan fingerprint density at radius 2 is 1.88 bits per heavy atom. The Bertz CT molecular complexity index is 714. The highest BCUT2D eigenvalue weighted by atomic mass is 32.2. The summed E-state index contributed by atoms with van der Waals surface area (Å²) in [5, 5.41) is 18.9. The molecule has 1 heterocycles. The molecule has 1 aromatic carbocycles. The summed E-state index contributed by atoms with van der Waals surface area (Å²) in [5.41, 5.74) is -0.501. The Morgan fingerprint density at radius 1 is 1.29 bits per heavy atom. The molecule has 0 unspecified atom stereocenters. The zero-order valence-electron chi connectivity index (χ0n) is 8.78. The van der Waals surface area contributed by atoms with Crippen molar-refractivity contribution in [1.82, 2.24) is 3.97 Å². The van der Waals surface area contributed by atoms with E-state index in [0.29, 0.717) is 3.97 Å². The lowest BCUT2D eigenvalue weighted by atomic mass is 10.2. The molecule has 0 aliphatic heterocycles. The first-order valence-corrected chi connectivity index (χ1v) is 6.45. The van der Waals surface area contributed by atoms with E-state index in [1.165, 1.54) is 12.1 Å². The Labute approximate surface area is 96.8 Å². The van der Waals surface area contributed by atoms with Crippen LogP contribution >= 0.6 is 0 Å². The summed E-state index contributed by atoms with van der Waals surface area (Å²) in [4.78, 5) is 11.0. The molecule has 17 heavy (non-hydrogen) atoms. The molecule has 0 bridgehead atoms. The molecular weight excluding hydrogens is 246 g/mol. The van der Waals surface area contributed by atoms with Crippen molar-refractivity contribution in [3.8, 4) is 5.75 Å². The van der Waals surface area contributed by atoms with E-state index in [4.69, 9.17) is 5.11 Å². The standard InChI is InChI=1S/C10H9NO5S/c1-17(15,16)11-7-5-3-2-4-6(7)9(12)8(11)10(13)14/h2-5,12H,1H3,(H,13,14). The van der Waals surface area contributed by atoms with Gasteiger partial charge in [-0.15, -0.1) is 0 Å². The van der Waals surface area contributed by atoms with Gasteiger partial charge in [-0.2, -0.15) is 0 Å². The Hall–Kier alpha value is -2.02. The third-order valence-electron chi connectivity index (χ3n) is 2.34. The fraction of sp³-hybridized carbons (Fsp3) is 0.100. The number of nitrogens with zero attached hydrogens (tertiary/aromatic N) is 1. The number of aromatic carboxylic acids is 1. The van der Waals surface area contributed by atoms with Crippen LogP contribution in [0.1, 0.15) is 10.5 Å². The van der Waals surface area contributed by atoms with Gasteiger partial charge in [0.15, 0.2) is 11.4 Å². The second-order valence-electron chi connectivity index (χ2n) is 3.55. The molecule has 0 fully saturated rings. The zero-order valence-corrected chi connectivity index (χ0v) is 9.60. The molecule has 6 nitrogen and oxygen atoms in total. The lowest BCUT2D eigenvalue weighted by molar-refractivity contribution is 0.0686. The molecule has 2 aromatic rings. The van der Waals surface area contributed by atoms with E-state index in [9.17, 15) is 18.3 Å². The van der Waals surface area contributed by atoms with Gasteiger partial charge in [-0.05, 0) is 12.1 Å². The first-order valence-electron chi connectivity index (χ1n) is 4.60. The van der Waals surface area contributed by atoms with Crippen LogP contribution in [0.5, 0.6) is 5.75 Å². The normalized spacial score (nSPS) is 11.8. The van der Waals surface area contributed by atoms with Crippen molar-refractivity contribution in [2.24, 2.45) is 0 Å². The first kappa shape index (κ1) is 11.5. The molecule has 90 valence electrons. The predicted octanol–water partition coefficient (Wildman–Crippen LogP) is 0.853. The molecule has 0 atom stereocenters. The van der Waals surface area contributed by atoms with Crippen LogP contribution in [0.2, 0.25) is 0 Å². The molecule has 0 amide bonds. The van der Waals surface area contributed by atoms with Gasteiger partial charge in [-0.3, -0.25) is 0 Å². The number of fused-ring (bicyclic) bond motifs is 1. The molecule has 1 aromatic heterocycles. The third kappa shape index (κ3) is 1.64. The van der Waals surface area contributed by atoms with Crippen LogP contribution in [0.25, 0.3) is 10.9 Å². The average molecular weight is 255 g/mol. The van der Waals surface area contributed by atoms with Crippen LogP contribution < -0.4 is 0 Å². The summed E-state index contributed by atoms with van der Waals surface area (Å²) < 4.78 is 23.8. The average Bonchev–Trinajstić information content (AvgIpc) is 2.52. The van der Waals surface area contributed by atoms with Crippen LogP contribution in [0.15, 0.2) is 24.3 Å². The molecule has 2 N–H and O–H groups in total. The number of carbonyl (C=O) groups is 1. The summed E-state index contributed by atoms with van der Waals surface area (Å²) >= 11 is 0. The number of aromatic hydroxyl groups is 1. The number of hydrogen-bond acceptors (Lipinski definition) is 4. The van der Waals surface area contributed by atoms with E-state index >= 15 is 0 Å². The van der Waals surface area contributed by atoms with Gasteiger partial charge in [-0.25, -0.2) is 17.2 Å². The minimum absolute atomic E-state index is 0.143. The van der Waals surface area contributed by atoms with E-state index in [2.05, 4.69) is 0 Å². The maximum absolute atomic E-state index is 11.6. The van der Waals surface area contributed by atoms with Crippen LogP contribution in [-0.2, 0) is 10.0 Å². The highest BCUT2D eigenvalue weighted by molar-refractivity contribution is 7.89. The monoisotopic (exact) mass is 255 g/mol. The summed E-state index contributed by atoms with van der Waals surface area (Å²) in [7, 11) is -3.81. The molecular formula is C10H9NO5S. The van der Waals surface area contributed by atoms with Crippen molar-refractivity contribution in [3.05, 3.63) is 30.0 Å². The van der Waals surface area contributed by atoms with Crippen molar-refractivity contribution in [2.45, 2.75) is 0 Å². The fourth-order valence-electron chi connectivity index (χ4n) is 1.73. The maximum atomic E-state index is 11.6. The van der Waals surface area contributed by atoms with Gasteiger partial charge >= 0.3 is 5.97 Å². The maximum Gasteiger partial charge on any atom is 0.357 e. The number of carboxylic acid groups (broad SMARTS) is 1. The van der Waals surface area contributed by atoms with E-state index < -0.39 is 27.4 Å². The molecule has 0 radical (unpaired) electrons. The summed E-state index contributed by atoms with van der Waals surface area (Å²) in [5.74, 6) is -2.04. The van der Waals surface area contributed by atoms with E-state index in [-0.39, 0.29) is 10.9 Å². The van der Waals surface area contributed by atoms with Crippen molar-refractivity contribution >= 4 is 26.9 Å². The van der Waals surface area contributed by atoms with Crippen molar-refractivity contribution in [1.29, 1.82) is 0 Å². The number of hydrogen-bond donors (Lipinski definition) is 2. The highest BCUT2D eigenvalue weighted by Crippen LogP contribution is 2.32. The van der Waals surface area contributed by atoms with Crippen molar-refractivity contribution in [2.75, 3.05) is 6.26 Å². The van der Waals surface area contributed by atoms with Crippen LogP contribution in [0, 0.1) is 0 Å². The quantitative estimate of drug-likeness (QED) is 0.829. The summed E-state index contributed by atoms with van der Waals surface area (Å²) in [6, 6.07) is 6.04. The van der Waals surface area contributed by atoms with Gasteiger partial charge in [0.25, 0.3) is 0 Å². The number of carboxylic acids is 1. The van der Waals surface area contributed by atoms with Crippen molar-refractivity contribution in [3.63, 3.8) is 0 Å². The number of aromatic nitrogens is 1. The Kier molecular flexibility index (Phi) is 2.35. The van der Waals surface area contributed by atoms with Gasteiger partial charge in [0, 0.05) is 5.39 Å². The van der Waals surface area contributed by atoms with Crippen LogP contribution in [0.3, 0.4) is 0 Å². The van der Waals surface area contributed by atoms with Gasteiger partial charge < -0.3 is 10.2 Å². The third-order valence-corrected chi connectivity index (χ3v) is 3.38. The number of rotatable bonds is 2. The molecule has 2 rings (SSSR count). The first-order chi connectivity index (χ1) is 7.84. The lowest BCUT2D eigenvalue weighted by Crippen LogP contribution is -2.16. The molecule has 0 spiro atoms. The number of para-hydroxylation sites is 1. The van der Waals surface area contributed by atoms with Gasteiger partial charge in [-0.1, -0.05) is 12.1 Å². The Morgan fingerprint density at radius 3 is 2.41 bits per heavy atom. The number of benzene rings is 1. The van der Waals surface area contributed by atoms with Gasteiger partial charge in [0.05, 0.1) is 11.8 Å². The van der Waals surface area contributed by atoms with Crippen molar-refractivity contribution < 1.29 is 23.4 Å². The Balaban J connectivity index is 3.07. The van der Waals surface area contributed by atoms with Crippen LogP contribution in [0.4, 0.5) is 0 Å². The molecule has 0 aliphatic rings. The minimum Gasteiger partial charge on any atom is -0.505 e.